The van der Waals surface area contributed by atoms with Crippen LogP contribution in [0.4, 0.5) is 5.82 Å². The zero-order valence-corrected chi connectivity index (χ0v) is 17.0. The lowest BCUT2D eigenvalue weighted by molar-refractivity contribution is -0.123. The number of aryl methyl sites for hydroxylation is 1. The highest BCUT2D eigenvalue weighted by Crippen LogP contribution is 2.45. The molecule has 2 aromatic rings. The van der Waals surface area contributed by atoms with E-state index in [0.717, 1.165) is 22.7 Å². The van der Waals surface area contributed by atoms with Crippen molar-refractivity contribution in [1.82, 2.24) is 4.98 Å². The molecule has 0 bridgehead atoms. The fourth-order valence-corrected chi connectivity index (χ4v) is 5.12. The van der Waals surface area contributed by atoms with Gasteiger partial charge in [0.25, 0.3) is 5.91 Å². The van der Waals surface area contributed by atoms with E-state index in [4.69, 9.17) is 4.99 Å². The van der Waals surface area contributed by atoms with Crippen LogP contribution in [0.2, 0.25) is 0 Å². The van der Waals surface area contributed by atoms with Gasteiger partial charge in [0.2, 0.25) is 0 Å². The summed E-state index contributed by atoms with van der Waals surface area (Å²) in [5.41, 5.74) is 3.02. The van der Waals surface area contributed by atoms with E-state index in [0.29, 0.717) is 29.4 Å². The SMILES string of the molecule is CC1=C(C(=O)Nc2cccc(C)n2)[C@H](c2cccs2)[C@H]2C(=O)C[C@@H](C)CC2=N1. The summed E-state index contributed by atoms with van der Waals surface area (Å²) < 4.78 is 0. The third kappa shape index (κ3) is 3.44. The van der Waals surface area contributed by atoms with Crippen molar-refractivity contribution in [2.75, 3.05) is 5.32 Å². The van der Waals surface area contributed by atoms with Gasteiger partial charge >= 0.3 is 0 Å². The lowest BCUT2D eigenvalue weighted by atomic mass is 9.69. The molecule has 1 aliphatic heterocycles. The first kappa shape index (κ1) is 18.7. The molecule has 2 aliphatic rings. The van der Waals surface area contributed by atoms with E-state index in [2.05, 4.69) is 17.2 Å². The zero-order chi connectivity index (χ0) is 19.8. The zero-order valence-electron chi connectivity index (χ0n) is 16.2. The number of nitrogens with zero attached hydrogens (tertiary/aromatic N) is 2. The van der Waals surface area contributed by atoms with Crippen molar-refractivity contribution < 1.29 is 9.59 Å². The van der Waals surface area contributed by atoms with E-state index in [9.17, 15) is 9.59 Å². The van der Waals surface area contributed by atoms with Gasteiger partial charge in [-0.15, -0.1) is 11.3 Å². The van der Waals surface area contributed by atoms with Gasteiger partial charge in [-0.25, -0.2) is 4.98 Å². The number of carbonyl (C=O) groups excluding carboxylic acids is 2. The molecule has 1 aliphatic carbocycles. The molecule has 0 spiro atoms. The lowest BCUT2D eigenvalue weighted by Gasteiger charge is -2.37. The molecule has 0 aromatic carbocycles. The van der Waals surface area contributed by atoms with Gasteiger partial charge in [-0.05, 0) is 49.8 Å². The average Bonchev–Trinajstić information content (AvgIpc) is 3.14. The number of rotatable bonds is 3. The summed E-state index contributed by atoms with van der Waals surface area (Å²) in [5, 5.41) is 4.90. The number of Topliss-reactive ketones (excluding diaryl/α,β-unsaturated/α-hetero) is 1. The molecular formula is C22H23N3O2S. The number of thiophene rings is 1. The molecular weight excluding hydrogens is 370 g/mol. The second kappa shape index (κ2) is 7.43. The van der Waals surface area contributed by atoms with Gasteiger partial charge < -0.3 is 5.32 Å². The topological polar surface area (TPSA) is 71.4 Å². The smallest absolute Gasteiger partial charge is 0.255 e. The van der Waals surface area contributed by atoms with Gasteiger partial charge in [0.1, 0.15) is 11.6 Å². The summed E-state index contributed by atoms with van der Waals surface area (Å²) in [6, 6.07) is 9.49. The van der Waals surface area contributed by atoms with Crippen molar-refractivity contribution >= 4 is 34.6 Å². The molecule has 1 amide bonds. The Bertz CT molecular complexity index is 991. The number of nitrogens with one attached hydrogen (secondary N) is 1. The predicted molar refractivity (Wildman–Crippen MR) is 112 cm³/mol. The number of fused-ring (bicyclic) bond motifs is 1. The van der Waals surface area contributed by atoms with Crippen molar-refractivity contribution in [3.8, 4) is 0 Å². The second-order valence-electron chi connectivity index (χ2n) is 7.67. The fourth-order valence-electron chi connectivity index (χ4n) is 4.25. The predicted octanol–water partition coefficient (Wildman–Crippen LogP) is 4.52. The van der Waals surface area contributed by atoms with E-state index in [1.807, 2.05) is 43.5 Å². The van der Waals surface area contributed by atoms with Gasteiger partial charge in [-0.2, -0.15) is 0 Å². The summed E-state index contributed by atoms with van der Waals surface area (Å²) in [6.45, 7) is 5.83. The summed E-state index contributed by atoms with van der Waals surface area (Å²) in [6.07, 6.45) is 1.35. The van der Waals surface area contributed by atoms with Crippen molar-refractivity contribution in [2.24, 2.45) is 16.8 Å². The molecule has 2 aromatic heterocycles. The minimum atomic E-state index is -0.343. The van der Waals surface area contributed by atoms with E-state index in [-0.39, 0.29) is 23.5 Å². The monoisotopic (exact) mass is 393 g/mol. The number of ketones is 1. The Kier molecular flexibility index (Phi) is 4.98. The largest absolute Gasteiger partial charge is 0.307 e. The molecule has 144 valence electrons. The fraction of sp³-hybridized carbons (Fsp3) is 0.364. The molecule has 1 fully saturated rings. The quantitative estimate of drug-likeness (QED) is 0.833. The number of hydrogen-bond donors (Lipinski definition) is 1. The van der Waals surface area contributed by atoms with Crippen LogP contribution in [0, 0.1) is 18.8 Å². The van der Waals surface area contributed by atoms with Crippen LogP contribution >= 0.6 is 11.3 Å². The van der Waals surface area contributed by atoms with Crippen molar-refractivity contribution in [2.45, 2.75) is 39.5 Å². The average molecular weight is 394 g/mol. The Hall–Kier alpha value is -2.60. The lowest BCUT2D eigenvalue weighted by Crippen LogP contribution is -2.41. The highest BCUT2D eigenvalue weighted by Gasteiger charge is 2.45. The number of aliphatic imine (C=N–C) groups is 1. The Morgan fingerprint density at radius 1 is 1.14 bits per heavy atom. The third-order valence-electron chi connectivity index (χ3n) is 5.38. The number of carbonyl (C=O) groups is 2. The molecule has 1 N–H and O–H groups in total. The van der Waals surface area contributed by atoms with Gasteiger partial charge in [-0.1, -0.05) is 19.1 Å². The standard InChI is InChI=1S/C22H23N3O2S/c1-12-10-15-20(16(26)11-12)21(17-7-5-9-28-17)19(14(3)24-15)22(27)25-18-8-4-6-13(2)23-18/h4-9,12,20-21H,10-11H2,1-3H3,(H,23,25,27)/t12-,20+,21-/m0/s1. The minimum absolute atomic E-state index is 0.183. The van der Waals surface area contributed by atoms with E-state index >= 15 is 0 Å². The molecule has 3 atom stereocenters. The first-order valence-electron chi connectivity index (χ1n) is 9.53. The normalized spacial score (nSPS) is 24.6. The van der Waals surface area contributed by atoms with Crippen LogP contribution in [0.3, 0.4) is 0 Å². The van der Waals surface area contributed by atoms with Crippen LogP contribution in [0.25, 0.3) is 0 Å². The summed E-state index contributed by atoms with van der Waals surface area (Å²) in [4.78, 5) is 36.4. The van der Waals surface area contributed by atoms with Gasteiger partial charge in [0.15, 0.2) is 0 Å². The van der Waals surface area contributed by atoms with E-state index in [1.165, 1.54) is 0 Å². The van der Waals surface area contributed by atoms with Crippen LogP contribution in [-0.4, -0.2) is 22.4 Å². The Labute approximate surface area is 168 Å². The highest BCUT2D eigenvalue weighted by atomic mass is 32.1. The Morgan fingerprint density at radius 3 is 2.68 bits per heavy atom. The van der Waals surface area contributed by atoms with Gasteiger partial charge in [0.05, 0.1) is 5.92 Å². The molecule has 1 saturated carbocycles. The van der Waals surface area contributed by atoms with Crippen molar-refractivity contribution in [3.05, 3.63) is 57.6 Å². The van der Waals surface area contributed by atoms with Gasteiger partial charge in [0, 0.05) is 39.9 Å². The van der Waals surface area contributed by atoms with E-state index in [1.54, 1.807) is 17.4 Å². The molecule has 0 saturated heterocycles. The summed E-state index contributed by atoms with van der Waals surface area (Å²) >= 11 is 1.58. The molecule has 4 rings (SSSR count). The second-order valence-corrected chi connectivity index (χ2v) is 8.65. The number of aromatic nitrogens is 1. The number of allylic oxidation sites excluding steroid dienone is 1. The van der Waals surface area contributed by atoms with E-state index < -0.39 is 0 Å². The molecule has 6 heteroatoms. The van der Waals surface area contributed by atoms with Crippen molar-refractivity contribution in [3.63, 3.8) is 0 Å². The number of pyridine rings is 1. The molecule has 3 heterocycles. The first-order chi connectivity index (χ1) is 13.4. The Balaban J connectivity index is 1.77. The van der Waals surface area contributed by atoms with Crippen molar-refractivity contribution in [1.29, 1.82) is 0 Å². The number of amides is 1. The third-order valence-corrected chi connectivity index (χ3v) is 6.34. The number of hydrogen-bond acceptors (Lipinski definition) is 5. The molecule has 0 radical (unpaired) electrons. The number of anilines is 1. The molecule has 0 unspecified atom stereocenters. The minimum Gasteiger partial charge on any atom is -0.307 e. The Morgan fingerprint density at radius 2 is 1.96 bits per heavy atom. The van der Waals surface area contributed by atoms with Gasteiger partial charge in [-0.3, -0.25) is 14.6 Å². The van der Waals surface area contributed by atoms with Crippen LogP contribution in [0.1, 0.15) is 43.2 Å². The highest BCUT2D eigenvalue weighted by molar-refractivity contribution is 7.10. The molecule has 28 heavy (non-hydrogen) atoms. The van der Waals surface area contributed by atoms with Crippen LogP contribution < -0.4 is 5.32 Å². The maximum Gasteiger partial charge on any atom is 0.255 e. The van der Waals surface area contributed by atoms with Crippen LogP contribution in [-0.2, 0) is 9.59 Å². The first-order valence-corrected chi connectivity index (χ1v) is 10.4. The van der Waals surface area contributed by atoms with Crippen LogP contribution in [0.5, 0.6) is 0 Å². The maximum absolute atomic E-state index is 13.3. The summed E-state index contributed by atoms with van der Waals surface area (Å²) in [5.74, 6) is 0.132. The maximum atomic E-state index is 13.3. The van der Waals surface area contributed by atoms with Crippen LogP contribution in [0.15, 0.2) is 52.0 Å². The summed E-state index contributed by atoms with van der Waals surface area (Å²) in [7, 11) is 0. The molecule has 5 nitrogen and oxygen atoms in total.